The van der Waals surface area contributed by atoms with Crippen molar-refractivity contribution < 1.29 is 27.8 Å². The number of nitrogens with one attached hydrogen (secondary N) is 1. The number of alkyl halides is 2. The number of ether oxygens (including phenoxy) is 2. The van der Waals surface area contributed by atoms with Gasteiger partial charge in [0.1, 0.15) is 5.75 Å². The average molecular weight is 349 g/mol. The van der Waals surface area contributed by atoms with Crippen LogP contribution in [0.5, 0.6) is 5.75 Å². The van der Waals surface area contributed by atoms with E-state index in [1.54, 1.807) is 6.07 Å². The number of rotatable bonds is 7. The van der Waals surface area contributed by atoms with Crippen LogP contribution in [-0.4, -0.2) is 25.1 Å². The van der Waals surface area contributed by atoms with Gasteiger partial charge in [-0.05, 0) is 42.8 Å². The highest BCUT2D eigenvalue weighted by Gasteiger charge is 2.15. The van der Waals surface area contributed by atoms with Gasteiger partial charge in [-0.25, -0.2) is 4.79 Å². The Labute approximate surface area is 143 Å². The Morgan fingerprint density at radius 3 is 2.40 bits per heavy atom. The molecule has 0 unspecified atom stereocenters. The number of carbonyl (C=O) groups excluding carboxylic acids is 2. The fraction of sp³-hybridized carbons (Fsp3) is 0.222. The molecule has 25 heavy (non-hydrogen) atoms. The van der Waals surface area contributed by atoms with E-state index in [0.717, 1.165) is 6.42 Å². The second kappa shape index (κ2) is 8.77. The summed E-state index contributed by atoms with van der Waals surface area (Å²) in [6.07, 6.45) is 0.722. The van der Waals surface area contributed by atoms with E-state index in [1.807, 2.05) is 6.92 Å². The fourth-order valence-corrected chi connectivity index (χ4v) is 2.02. The molecule has 2 rings (SSSR count). The summed E-state index contributed by atoms with van der Waals surface area (Å²) in [5, 5.41) is 2.57. The number of hydrogen-bond donors (Lipinski definition) is 1. The lowest BCUT2D eigenvalue weighted by atomic mass is 10.1. The summed E-state index contributed by atoms with van der Waals surface area (Å²) in [5.41, 5.74) is 0.742. The van der Waals surface area contributed by atoms with E-state index in [2.05, 4.69) is 10.1 Å². The van der Waals surface area contributed by atoms with Gasteiger partial charge in [-0.15, -0.1) is 0 Å². The van der Waals surface area contributed by atoms with E-state index in [1.165, 1.54) is 42.5 Å². The molecule has 0 fully saturated rings. The minimum atomic E-state index is -3.03. The van der Waals surface area contributed by atoms with Crippen molar-refractivity contribution in [2.75, 3.05) is 11.9 Å². The van der Waals surface area contributed by atoms with Crippen molar-refractivity contribution in [2.24, 2.45) is 0 Å². The molecule has 0 saturated carbocycles. The maximum Gasteiger partial charge on any atom is 0.387 e. The first-order valence-electron chi connectivity index (χ1n) is 7.63. The summed E-state index contributed by atoms with van der Waals surface area (Å²) < 4.78 is 34.1. The average Bonchev–Trinajstić information content (AvgIpc) is 2.60. The SMILES string of the molecule is CCCOC(=O)c1ccc(NC(=O)c2ccccc2OC(F)F)cc1. The van der Waals surface area contributed by atoms with Gasteiger partial charge in [-0.2, -0.15) is 8.78 Å². The Bertz CT molecular complexity index is 732. The quantitative estimate of drug-likeness (QED) is 0.764. The molecule has 0 bridgehead atoms. The molecule has 1 amide bonds. The van der Waals surface area contributed by atoms with Crippen LogP contribution in [0.3, 0.4) is 0 Å². The number of hydrogen-bond acceptors (Lipinski definition) is 4. The summed E-state index contributed by atoms with van der Waals surface area (Å²) in [4.78, 5) is 24.0. The molecule has 0 spiro atoms. The van der Waals surface area contributed by atoms with E-state index in [9.17, 15) is 18.4 Å². The van der Waals surface area contributed by atoms with Crippen molar-refractivity contribution >= 4 is 17.6 Å². The third-order valence-electron chi connectivity index (χ3n) is 3.16. The first-order valence-corrected chi connectivity index (χ1v) is 7.63. The molecule has 1 N–H and O–H groups in total. The van der Waals surface area contributed by atoms with Crippen LogP contribution in [0.15, 0.2) is 48.5 Å². The zero-order valence-electron chi connectivity index (χ0n) is 13.5. The highest BCUT2D eigenvalue weighted by molar-refractivity contribution is 6.06. The standard InChI is InChI=1S/C18H17F2NO4/c1-2-11-24-17(23)12-7-9-13(10-8-12)21-16(22)14-5-3-4-6-15(14)25-18(19)20/h3-10,18H,2,11H2,1H3,(H,21,22). The third kappa shape index (κ3) is 5.27. The summed E-state index contributed by atoms with van der Waals surface area (Å²) in [5.74, 6) is -1.26. The lowest BCUT2D eigenvalue weighted by Crippen LogP contribution is -2.15. The second-order valence-corrected chi connectivity index (χ2v) is 5.04. The molecule has 0 aliphatic rings. The van der Waals surface area contributed by atoms with E-state index >= 15 is 0 Å². The molecule has 132 valence electrons. The normalized spacial score (nSPS) is 10.4. The molecule has 0 radical (unpaired) electrons. The van der Waals surface area contributed by atoms with Crippen molar-refractivity contribution in [1.82, 2.24) is 0 Å². The Morgan fingerprint density at radius 1 is 1.08 bits per heavy atom. The van der Waals surface area contributed by atoms with E-state index in [0.29, 0.717) is 17.9 Å². The smallest absolute Gasteiger partial charge is 0.387 e. The maximum atomic E-state index is 12.4. The molecule has 0 heterocycles. The molecular weight excluding hydrogens is 332 g/mol. The van der Waals surface area contributed by atoms with Crippen molar-refractivity contribution in [1.29, 1.82) is 0 Å². The summed E-state index contributed by atoms with van der Waals surface area (Å²) in [6.45, 7) is -0.804. The number of amides is 1. The number of anilines is 1. The summed E-state index contributed by atoms with van der Waals surface area (Å²) >= 11 is 0. The van der Waals surface area contributed by atoms with Gasteiger partial charge < -0.3 is 14.8 Å². The molecule has 0 aliphatic heterocycles. The number of benzene rings is 2. The molecule has 0 atom stereocenters. The molecular formula is C18H17F2NO4. The highest BCUT2D eigenvalue weighted by Crippen LogP contribution is 2.22. The van der Waals surface area contributed by atoms with Crippen LogP contribution in [0.2, 0.25) is 0 Å². The van der Waals surface area contributed by atoms with Gasteiger partial charge in [0.05, 0.1) is 17.7 Å². The second-order valence-electron chi connectivity index (χ2n) is 5.04. The van der Waals surface area contributed by atoms with Crippen LogP contribution in [0.1, 0.15) is 34.1 Å². The zero-order chi connectivity index (χ0) is 18.2. The van der Waals surface area contributed by atoms with Crippen LogP contribution in [0, 0.1) is 0 Å². The monoisotopic (exact) mass is 349 g/mol. The van der Waals surface area contributed by atoms with Gasteiger partial charge in [0.2, 0.25) is 0 Å². The predicted octanol–water partition coefficient (Wildman–Crippen LogP) is 4.11. The minimum Gasteiger partial charge on any atom is -0.462 e. The van der Waals surface area contributed by atoms with Gasteiger partial charge >= 0.3 is 12.6 Å². The van der Waals surface area contributed by atoms with E-state index in [-0.39, 0.29) is 11.3 Å². The van der Waals surface area contributed by atoms with Gasteiger partial charge in [0, 0.05) is 5.69 Å². The molecule has 0 aliphatic carbocycles. The molecule has 2 aromatic rings. The van der Waals surface area contributed by atoms with Crippen molar-refractivity contribution in [2.45, 2.75) is 20.0 Å². The molecule has 2 aromatic carbocycles. The Hall–Kier alpha value is -2.96. The minimum absolute atomic E-state index is 0.0192. The van der Waals surface area contributed by atoms with Crippen LogP contribution >= 0.6 is 0 Å². The Morgan fingerprint density at radius 2 is 1.76 bits per heavy atom. The predicted molar refractivity (Wildman–Crippen MR) is 88.0 cm³/mol. The Kier molecular flexibility index (Phi) is 6.45. The van der Waals surface area contributed by atoms with Gasteiger partial charge in [-0.1, -0.05) is 19.1 Å². The van der Waals surface area contributed by atoms with Gasteiger partial charge in [-0.3, -0.25) is 4.79 Å². The fourth-order valence-electron chi connectivity index (χ4n) is 2.02. The molecule has 0 aromatic heterocycles. The van der Waals surface area contributed by atoms with Crippen LogP contribution in [-0.2, 0) is 4.74 Å². The number of para-hydroxylation sites is 1. The number of carbonyl (C=O) groups is 2. The highest BCUT2D eigenvalue weighted by atomic mass is 19.3. The third-order valence-corrected chi connectivity index (χ3v) is 3.16. The first-order chi connectivity index (χ1) is 12.0. The first kappa shape index (κ1) is 18.4. The van der Waals surface area contributed by atoms with Crippen LogP contribution in [0.4, 0.5) is 14.5 Å². The maximum absolute atomic E-state index is 12.4. The lowest BCUT2D eigenvalue weighted by Gasteiger charge is -2.11. The van der Waals surface area contributed by atoms with Gasteiger partial charge in [0.15, 0.2) is 0 Å². The topological polar surface area (TPSA) is 64.6 Å². The molecule has 7 heteroatoms. The van der Waals surface area contributed by atoms with E-state index < -0.39 is 18.5 Å². The number of esters is 1. The van der Waals surface area contributed by atoms with Crippen LogP contribution in [0.25, 0.3) is 0 Å². The van der Waals surface area contributed by atoms with Crippen molar-refractivity contribution in [3.63, 3.8) is 0 Å². The van der Waals surface area contributed by atoms with Gasteiger partial charge in [0.25, 0.3) is 5.91 Å². The van der Waals surface area contributed by atoms with Crippen molar-refractivity contribution in [3.8, 4) is 5.75 Å². The van der Waals surface area contributed by atoms with Crippen molar-refractivity contribution in [3.05, 3.63) is 59.7 Å². The molecule has 0 saturated heterocycles. The summed E-state index contributed by atoms with van der Waals surface area (Å²) in [6, 6.07) is 11.8. The Balaban J connectivity index is 2.07. The lowest BCUT2D eigenvalue weighted by molar-refractivity contribution is -0.0501. The number of halogens is 2. The molecule has 5 nitrogen and oxygen atoms in total. The van der Waals surface area contributed by atoms with Crippen LogP contribution < -0.4 is 10.1 Å². The largest absolute Gasteiger partial charge is 0.462 e. The summed E-state index contributed by atoms with van der Waals surface area (Å²) in [7, 11) is 0. The van der Waals surface area contributed by atoms with E-state index in [4.69, 9.17) is 4.74 Å². The zero-order valence-corrected chi connectivity index (χ0v) is 13.5.